The third-order valence-electron chi connectivity index (χ3n) is 5.11. The van der Waals surface area contributed by atoms with Crippen LogP contribution in [0.25, 0.3) is 21.7 Å². The predicted molar refractivity (Wildman–Crippen MR) is 126 cm³/mol. The number of alkyl halides is 3. The fourth-order valence-corrected chi connectivity index (χ4v) is 4.34. The molecule has 3 aromatic rings. The predicted octanol–water partition coefficient (Wildman–Crippen LogP) is 7.37. The molecule has 0 atom stereocenters. The maximum atomic E-state index is 12.9. The van der Waals surface area contributed by atoms with Gasteiger partial charge in [-0.05, 0) is 53.6 Å². The molecule has 3 rings (SSSR count). The number of halogens is 3. The number of thiophene rings is 1. The molecular weight excluding hydrogens is 431 g/mol. The number of nitrogens with two attached hydrogens (primary N) is 1. The summed E-state index contributed by atoms with van der Waals surface area (Å²) in [6, 6.07) is 15.1. The van der Waals surface area contributed by atoms with Crippen molar-refractivity contribution in [1.29, 1.82) is 5.41 Å². The number of nitrogens with one attached hydrogen (secondary N) is 1. The first-order valence-electron chi connectivity index (χ1n) is 10.6. The highest BCUT2D eigenvalue weighted by atomic mass is 32.1. The van der Waals surface area contributed by atoms with Gasteiger partial charge in [0.15, 0.2) is 0 Å². The second kappa shape index (κ2) is 10.6. The van der Waals surface area contributed by atoms with Gasteiger partial charge in [-0.3, -0.25) is 5.41 Å². The van der Waals surface area contributed by atoms with Crippen LogP contribution in [0.5, 0.6) is 0 Å². The largest absolute Gasteiger partial charge is 0.430 e. The van der Waals surface area contributed by atoms with E-state index in [1.807, 2.05) is 41.8 Å². The Morgan fingerprint density at radius 1 is 1.06 bits per heavy atom. The van der Waals surface area contributed by atoms with Crippen LogP contribution in [0, 0.1) is 5.41 Å². The molecule has 0 spiro atoms. The normalized spacial score (nSPS) is 12.2. The SMILES string of the molecule is CCCCCCc1ccsc1-c1cc(C(=N)C=C(N)C(F)(F)F)nc(-c2ccccc2)c1. The fourth-order valence-electron chi connectivity index (χ4n) is 3.40. The Bertz CT molecular complexity index is 1090. The highest BCUT2D eigenvalue weighted by molar-refractivity contribution is 7.13. The summed E-state index contributed by atoms with van der Waals surface area (Å²) in [6.45, 7) is 2.18. The van der Waals surface area contributed by atoms with Crippen molar-refractivity contribution in [3.63, 3.8) is 0 Å². The number of benzene rings is 1. The van der Waals surface area contributed by atoms with Crippen molar-refractivity contribution in [2.45, 2.75) is 45.2 Å². The van der Waals surface area contributed by atoms with Crippen molar-refractivity contribution in [3.05, 3.63) is 76.9 Å². The second-order valence-electron chi connectivity index (χ2n) is 7.59. The van der Waals surface area contributed by atoms with Crippen LogP contribution in [0.3, 0.4) is 0 Å². The topological polar surface area (TPSA) is 62.8 Å². The van der Waals surface area contributed by atoms with Crippen LogP contribution in [-0.2, 0) is 6.42 Å². The first-order valence-corrected chi connectivity index (χ1v) is 11.4. The Morgan fingerprint density at radius 3 is 2.50 bits per heavy atom. The zero-order valence-electron chi connectivity index (χ0n) is 17.9. The van der Waals surface area contributed by atoms with E-state index in [2.05, 4.69) is 18.0 Å². The fraction of sp³-hybridized carbons (Fsp3) is 0.280. The molecule has 0 aliphatic heterocycles. The molecule has 0 saturated heterocycles. The van der Waals surface area contributed by atoms with Crippen molar-refractivity contribution < 1.29 is 13.2 Å². The zero-order chi connectivity index (χ0) is 23.1. The molecule has 0 aliphatic carbocycles. The van der Waals surface area contributed by atoms with Crippen LogP contribution >= 0.6 is 11.3 Å². The number of unbranched alkanes of at least 4 members (excludes halogenated alkanes) is 3. The highest BCUT2D eigenvalue weighted by Crippen LogP contribution is 2.34. The minimum Gasteiger partial charge on any atom is -0.395 e. The van der Waals surface area contributed by atoms with Crippen LogP contribution < -0.4 is 5.73 Å². The average Bonchev–Trinajstić information content (AvgIpc) is 3.25. The third kappa shape index (κ3) is 6.07. The van der Waals surface area contributed by atoms with Gasteiger partial charge in [-0.15, -0.1) is 11.3 Å². The molecule has 7 heteroatoms. The lowest BCUT2D eigenvalue weighted by Gasteiger charge is -2.11. The lowest BCUT2D eigenvalue weighted by molar-refractivity contribution is -0.0925. The number of hydrogen-bond donors (Lipinski definition) is 2. The quantitative estimate of drug-likeness (QED) is 0.260. The summed E-state index contributed by atoms with van der Waals surface area (Å²) in [5, 5.41) is 10.2. The molecule has 2 heterocycles. The van der Waals surface area contributed by atoms with E-state index in [1.165, 1.54) is 18.4 Å². The van der Waals surface area contributed by atoms with Crippen molar-refractivity contribution in [3.8, 4) is 21.7 Å². The molecular formula is C25H26F3N3S. The third-order valence-corrected chi connectivity index (χ3v) is 6.11. The number of hydrogen-bond acceptors (Lipinski definition) is 4. The van der Waals surface area contributed by atoms with Gasteiger partial charge in [0.2, 0.25) is 0 Å². The van der Waals surface area contributed by atoms with Crippen molar-refractivity contribution in [1.82, 2.24) is 4.98 Å². The monoisotopic (exact) mass is 457 g/mol. The maximum Gasteiger partial charge on any atom is 0.430 e. The Kier molecular flexibility index (Phi) is 7.85. The smallest absolute Gasteiger partial charge is 0.395 e. The Balaban J connectivity index is 2.03. The summed E-state index contributed by atoms with van der Waals surface area (Å²) >= 11 is 1.59. The minimum absolute atomic E-state index is 0.152. The van der Waals surface area contributed by atoms with E-state index in [-0.39, 0.29) is 11.4 Å². The maximum absolute atomic E-state index is 12.9. The van der Waals surface area contributed by atoms with Gasteiger partial charge in [-0.2, -0.15) is 13.2 Å². The zero-order valence-corrected chi connectivity index (χ0v) is 18.7. The van der Waals surface area contributed by atoms with E-state index in [0.717, 1.165) is 35.3 Å². The van der Waals surface area contributed by atoms with Gasteiger partial charge in [0.05, 0.1) is 17.1 Å². The average molecular weight is 458 g/mol. The summed E-state index contributed by atoms with van der Waals surface area (Å²) < 4.78 is 38.7. The van der Waals surface area contributed by atoms with E-state index in [4.69, 9.17) is 11.1 Å². The van der Waals surface area contributed by atoms with Gasteiger partial charge in [-0.25, -0.2) is 4.98 Å². The number of nitrogens with zero attached hydrogens (tertiary/aromatic N) is 1. The molecule has 0 bridgehead atoms. The highest BCUT2D eigenvalue weighted by Gasteiger charge is 2.31. The Labute approximate surface area is 190 Å². The van der Waals surface area contributed by atoms with Crippen molar-refractivity contribution >= 4 is 17.0 Å². The van der Waals surface area contributed by atoms with Crippen LogP contribution in [0.4, 0.5) is 13.2 Å². The molecule has 0 aliphatic rings. The molecule has 1 aromatic carbocycles. The van der Waals surface area contributed by atoms with Crippen LogP contribution in [0.2, 0.25) is 0 Å². The number of rotatable bonds is 9. The number of allylic oxidation sites excluding steroid dienone is 2. The number of pyridine rings is 1. The molecule has 0 saturated carbocycles. The molecule has 0 fully saturated rings. The molecule has 32 heavy (non-hydrogen) atoms. The van der Waals surface area contributed by atoms with Gasteiger partial charge in [0.1, 0.15) is 5.70 Å². The van der Waals surface area contributed by atoms with E-state index >= 15 is 0 Å². The van der Waals surface area contributed by atoms with Gasteiger partial charge < -0.3 is 5.73 Å². The molecule has 3 nitrogen and oxygen atoms in total. The number of aromatic nitrogens is 1. The van der Waals surface area contributed by atoms with E-state index in [1.54, 1.807) is 17.4 Å². The standard InChI is InChI=1S/C25H26F3N3S/c1-2-3-4-6-11-18-12-13-32-24(18)19-14-21(17-9-7-5-8-10-17)31-22(15-19)20(29)16-23(30)25(26,27)28/h5,7-10,12-16,29H,2-4,6,11,30H2,1H3. The van der Waals surface area contributed by atoms with Crippen LogP contribution in [0.15, 0.2) is 65.7 Å². The summed E-state index contributed by atoms with van der Waals surface area (Å²) in [5.74, 6) is 0. The number of aryl methyl sites for hydroxylation is 1. The van der Waals surface area contributed by atoms with Crippen molar-refractivity contribution in [2.75, 3.05) is 0 Å². The summed E-state index contributed by atoms with van der Waals surface area (Å²) in [4.78, 5) is 5.54. The molecule has 0 radical (unpaired) electrons. The van der Waals surface area contributed by atoms with Gasteiger partial charge in [-0.1, -0.05) is 56.5 Å². The van der Waals surface area contributed by atoms with E-state index in [0.29, 0.717) is 11.8 Å². The molecule has 2 aromatic heterocycles. The summed E-state index contributed by atoms with van der Waals surface area (Å²) in [7, 11) is 0. The Morgan fingerprint density at radius 2 is 1.81 bits per heavy atom. The van der Waals surface area contributed by atoms with E-state index in [9.17, 15) is 13.2 Å². The first-order chi connectivity index (χ1) is 15.3. The minimum atomic E-state index is -4.69. The molecule has 0 unspecified atom stereocenters. The summed E-state index contributed by atoms with van der Waals surface area (Å²) in [6.07, 6.45) is 1.49. The Hall–Kier alpha value is -2.93. The lowest BCUT2D eigenvalue weighted by Crippen LogP contribution is -2.21. The van der Waals surface area contributed by atoms with Gasteiger partial charge >= 0.3 is 6.18 Å². The van der Waals surface area contributed by atoms with Gasteiger partial charge in [0, 0.05) is 10.4 Å². The van der Waals surface area contributed by atoms with Crippen LogP contribution in [-0.4, -0.2) is 16.9 Å². The van der Waals surface area contributed by atoms with Crippen LogP contribution in [0.1, 0.15) is 43.9 Å². The summed E-state index contributed by atoms with van der Waals surface area (Å²) in [5.41, 5.74) is 7.09. The second-order valence-corrected chi connectivity index (χ2v) is 8.51. The van der Waals surface area contributed by atoms with E-state index < -0.39 is 11.9 Å². The molecule has 3 N–H and O–H groups in total. The lowest BCUT2D eigenvalue weighted by atomic mass is 10.0. The van der Waals surface area contributed by atoms with Crippen molar-refractivity contribution in [2.24, 2.45) is 5.73 Å². The first kappa shape index (κ1) is 23.7. The van der Waals surface area contributed by atoms with Gasteiger partial charge in [0.25, 0.3) is 0 Å². The molecule has 0 amide bonds. The molecule has 168 valence electrons.